The first-order chi connectivity index (χ1) is 9.23. The molecule has 0 atom stereocenters. The van der Waals surface area contributed by atoms with E-state index in [-0.39, 0.29) is 11.2 Å². The van der Waals surface area contributed by atoms with Crippen LogP contribution in [-0.2, 0) is 15.5 Å². The van der Waals surface area contributed by atoms with E-state index in [2.05, 4.69) is 0 Å². The quantitative estimate of drug-likeness (QED) is 0.782. The number of ether oxygens (including phenoxy) is 1. The Hall–Kier alpha value is -1.21. The van der Waals surface area contributed by atoms with Gasteiger partial charge < -0.3 is 14.0 Å². The van der Waals surface area contributed by atoms with Gasteiger partial charge in [-0.25, -0.2) is 0 Å². The van der Waals surface area contributed by atoms with Gasteiger partial charge in [0.15, 0.2) is 0 Å². The largest absolute Gasteiger partial charge is 0.496 e. The predicted octanol–water partition coefficient (Wildman–Crippen LogP) is 2.48. The zero-order valence-corrected chi connectivity index (χ0v) is 11.6. The minimum Gasteiger partial charge on any atom is -0.496 e. The Morgan fingerprint density at radius 1 is 1.20 bits per heavy atom. The van der Waals surface area contributed by atoms with Gasteiger partial charge in [-0.3, -0.25) is 0 Å². The minimum absolute atomic E-state index is 0.129. The summed E-state index contributed by atoms with van der Waals surface area (Å²) >= 11 is 0. The number of alkyl halides is 3. The first-order valence-electron chi connectivity index (χ1n) is 6.21. The SMILES string of the molecule is COc1ccc(B2OCC(C)(C)CO2)cc1C(F)(F)F. The number of rotatable bonds is 2. The molecule has 0 bridgehead atoms. The lowest BCUT2D eigenvalue weighted by molar-refractivity contribution is -0.138. The van der Waals surface area contributed by atoms with E-state index < -0.39 is 18.9 Å². The van der Waals surface area contributed by atoms with Crippen molar-refractivity contribution < 1.29 is 27.2 Å². The summed E-state index contributed by atoms with van der Waals surface area (Å²) in [4.78, 5) is 0. The molecule has 1 heterocycles. The molecule has 0 spiro atoms. The molecule has 0 N–H and O–H groups in total. The molecule has 1 aromatic carbocycles. The molecule has 0 unspecified atom stereocenters. The van der Waals surface area contributed by atoms with Crippen molar-refractivity contribution in [3.8, 4) is 5.75 Å². The van der Waals surface area contributed by atoms with Gasteiger partial charge in [0.1, 0.15) is 5.75 Å². The Bertz CT molecular complexity index is 478. The lowest BCUT2D eigenvalue weighted by Gasteiger charge is -2.33. The Balaban J connectivity index is 2.26. The third-order valence-electron chi connectivity index (χ3n) is 3.05. The summed E-state index contributed by atoms with van der Waals surface area (Å²) in [6.07, 6.45) is -4.48. The highest BCUT2D eigenvalue weighted by Gasteiger charge is 2.38. The molecule has 20 heavy (non-hydrogen) atoms. The van der Waals surface area contributed by atoms with Crippen molar-refractivity contribution in [2.24, 2.45) is 5.41 Å². The van der Waals surface area contributed by atoms with E-state index >= 15 is 0 Å². The van der Waals surface area contributed by atoms with Gasteiger partial charge in [0.05, 0.1) is 12.7 Å². The van der Waals surface area contributed by atoms with Gasteiger partial charge in [-0.15, -0.1) is 0 Å². The van der Waals surface area contributed by atoms with E-state index in [0.717, 1.165) is 6.07 Å². The maximum atomic E-state index is 12.9. The summed E-state index contributed by atoms with van der Waals surface area (Å²) in [5.41, 5.74) is -0.612. The number of hydrogen-bond acceptors (Lipinski definition) is 3. The number of methoxy groups -OCH3 is 1. The third kappa shape index (κ3) is 3.27. The Kier molecular flexibility index (Phi) is 4.02. The molecule has 0 aromatic heterocycles. The van der Waals surface area contributed by atoms with Crippen LogP contribution in [0.5, 0.6) is 5.75 Å². The molecular weight excluding hydrogens is 272 g/mol. The topological polar surface area (TPSA) is 27.7 Å². The molecule has 0 radical (unpaired) electrons. The van der Waals surface area contributed by atoms with Crippen LogP contribution in [0.4, 0.5) is 13.2 Å². The monoisotopic (exact) mass is 288 g/mol. The zero-order valence-electron chi connectivity index (χ0n) is 11.6. The van der Waals surface area contributed by atoms with Gasteiger partial charge in [-0.2, -0.15) is 13.2 Å². The van der Waals surface area contributed by atoms with Gasteiger partial charge in [-0.1, -0.05) is 19.9 Å². The lowest BCUT2D eigenvalue weighted by atomic mass is 9.75. The zero-order chi connectivity index (χ0) is 15.0. The molecular formula is C13H16BF3O3. The second-order valence-electron chi connectivity index (χ2n) is 5.58. The molecule has 3 nitrogen and oxygen atoms in total. The van der Waals surface area contributed by atoms with Crippen molar-refractivity contribution in [1.29, 1.82) is 0 Å². The number of halogens is 3. The van der Waals surface area contributed by atoms with E-state index in [9.17, 15) is 13.2 Å². The van der Waals surface area contributed by atoms with Crippen LogP contribution in [0.3, 0.4) is 0 Å². The first kappa shape index (κ1) is 15.2. The second-order valence-corrected chi connectivity index (χ2v) is 5.58. The fraction of sp³-hybridized carbons (Fsp3) is 0.538. The Morgan fingerprint density at radius 2 is 1.80 bits per heavy atom. The minimum atomic E-state index is -4.48. The van der Waals surface area contributed by atoms with Gasteiger partial charge in [0, 0.05) is 18.6 Å². The standard InChI is InChI=1S/C13H16BF3O3/c1-12(2)7-19-14(20-8-12)9-4-5-11(18-3)10(6-9)13(15,16)17/h4-6H,7-8H2,1-3H3. The molecule has 1 fully saturated rings. The predicted molar refractivity (Wildman–Crippen MR) is 69.1 cm³/mol. The molecule has 1 saturated heterocycles. The van der Waals surface area contributed by atoms with E-state index in [1.807, 2.05) is 13.8 Å². The average Bonchev–Trinajstić information content (AvgIpc) is 2.37. The maximum Gasteiger partial charge on any atom is 0.493 e. The van der Waals surface area contributed by atoms with Crippen molar-refractivity contribution in [2.75, 3.05) is 20.3 Å². The van der Waals surface area contributed by atoms with Gasteiger partial charge in [0.25, 0.3) is 0 Å². The van der Waals surface area contributed by atoms with Crippen LogP contribution < -0.4 is 10.2 Å². The summed E-state index contributed by atoms with van der Waals surface area (Å²) in [7, 11) is 0.440. The number of benzene rings is 1. The van der Waals surface area contributed by atoms with Gasteiger partial charge >= 0.3 is 13.3 Å². The van der Waals surface area contributed by atoms with Crippen LogP contribution in [0, 0.1) is 5.41 Å². The molecule has 0 aliphatic carbocycles. The average molecular weight is 288 g/mol. The summed E-state index contributed by atoms with van der Waals surface area (Å²) in [5, 5.41) is 0. The highest BCUT2D eigenvalue weighted by molar-refractivity contribution is 6.61. The second kappa shape index (κ2) is 5.29. The normalized spacial score (nSPS) is 19.0. The molecule has 0 saturated carbocycles. The fourth-order valence-electron chi connectivity index (χ4n) is 1.98. The summed E-state index contributed by atoms with van der Waals surface area (Å²) < 4.78 is 54.6. The highest BCUT2D eigenvalue weighted by Crippen LogP contribution is 2.35. The summed E-state index contributed by atoms with van der Waals surface area (Å²) in [6.45, 7) is 4.81. The molecule has 7 heteroatoms. The van der Waals surface area contributed by atoms with Crippen molar-refractivity contribution in [2.45, 2.75) is 20.0 Å². The molecule has 1 aliphatic rings. The van der Waals surface area contributed by atoms with Crippen molar-refractivity contribution in [3.63, 3.8) is 0 Å². The van der Waals surface area contributed by atoms with Gasteiger partial charge in [-0.05, 0) is 17.6 Å². The van der Waals surface area contributed by atoms with Crippen molar-refractivity contribution in [1.82, 2.24) is 0 Å². The van der Waals surface area contributed by atoms with Crippen molar-refractivity contribution in [3.05, 3.63) is 23.8 Å². The number of hydrogen-bond donors (Lipinski definition) is 0. The smallest absolute Gasteiger partial charge is 0.493 e. The van der Waals surface area contributed by atoms with Crippen LogP contribution >= 0.6 is 0 Å². The van der Waals surface area contributed by atoms with Crippen LogP contribution in [0.1, 0.15) is 19.4 Å². The first-order valence-corrected chi connectivity index (χ1v) is 6.21. The van der Waals surface area contributed by atoms with Crippen LogP contribution in [0.15, 0.2) is 18.2 Å². The van der Waals surface area contributed by atoms with Gasteiger partial charge in [0.2, 0.25) is 0 Å². The maximum absolute atomic E-state index is 12.9. The fourth-order valence-corrected chi connectivity index (χ4v) is 1.98. The third-order valence-corrected chi connectivity index (χ3v) is 3.05. The van der Waals surface area contributed by atoms with Crippen molar-refractivity contribution >= 4 is 12.6 Å². The van der Waals surface area contributed by atoms with E-state index in [1.54, 1.807) is 0 Å². The van der Waals surface area contributed by atoms with E-state index in [1.165, 1.54) is 19.2 Å². The molecule has 2 rings (SSSR count). The van der Waals surface area contributed by atoms with E-state index in [4.69, 9.17) is 14.0 Å². The summed E-state index contributed by atoms with van der Waals surface area (Å²) in [6, 6.07) is 3.82. The molecule has 0 amide bonds. The summed E-state index contributed by atoms with van der Waals surface area (Å²) in [5.74, 6) is -0.211. The lowest BCUT2D eigenvalue weighted by Crippen LogP contribution is -2.47. The molecule has 1 aliphatic heterocycles. The highest BCUT2D eigenvalue weighted by atomic mass is 19.4. The van der Waals surface area contributed by atoms with Crippen LogP contribution in [0.25, 0.3) is 0 Å². The van der Waals surface area contributed by atoms with Crippen LogP contribution in [-0.4, -0.2) is 27.4 Å². The Morgan fingerprint density at radius 3 is 2.30 bits per heavy atom. The Labute approximate surface area is 116 Å². The molecule has 110 valence electrons. The van der Waals surface area contributed by atoms with Crippen LogP contribution in [0.2, 0.25) is 0 Å². The van der Waals surface area contributed by atoms with E-state index in [0.29, 0.717) is 18.7 Å². The molecule has 1 aromatic rings.